The van der Waals surface area contributed by atoms with Crippen LogP contribution >= 0.6 is 0 Å². The Morgan fingerprint density at radius 2 is 1.62 bits per heavy atom. The summed E-state index contributed by atoms with van der Waals surface area (Å²) >= 11 is 0. The third-order valence-electron chi connectivity index (χ3n) is 6.37. The summed E-state index contributed by atoms with van der Waals surface area (Å²) in [5, 5.41) is 0. The number of nitrogens with zero attached hydrogens (tertiary/aromatic N) is 3. The summed E-state index contributed by atoms with van der Waals surface area (Å²) in [4.78, 5) is 17.8. The first kappa shape index (κ1) is 24.1. The Balaban J connectivity index is 1.46. The summed E-state index contributed by atoms with van der Waals surface area (Å²) in [7, 11) is -3.57. The summed E-state index contributed by atoms with van der Waals surface area (Å²) in [5.41, 5.74) is 4.72. The number of piperidine rings is 1. The maximum Gasteiger partial charge on any atom is 0.250 e. The van der Waals surface area contributed by atoms with Crippen LogP contribution in [-0.4, -0.2) is 36.3 Å². The molecule has 1 aromatic heterocycles. The van der Waals surface area contributed by atoms with Gasteiger partial charge in [-0.2, -0.15) is 9.30 Å². The number of carbonyl (C=O) groups excluding carboxylic acids is 1. The lowest BCUT2D eigenvalue weighted by Gasteiger charge is -2.30. The normalized spacial score (nSPS) is 16.0. The Kier molecular flexibility index (Phi) is 7.14. The predicted octanol–water partition coefficient (Wildman–Crippen LogP) is 3.99. The van der Waals surface area contributed by atoms with E-state index in [0.717, 1.165) is 16.7 Å². The van der Waals surface area contributed by atoms with Crippen molar-refractivity contribution in [2.24, 2.45) is 10.9 Å². The molecular weight excluding hydrogens is 446 g/mol. The number of sulfonamides is 1. The molecule has 6 nitrogen and oxygen atoms in total. The van der Waals surface area contributed by atoms with Crippen molar-refractivity contribution in [1.29, 1.82) is 0 Å². The third kappa shape index (κ3) is 5.37. The Hall–Kier alpha value is -3.03. The number of rotatable bonds is 5. The van der Waals surface area contributed by atoms with Crippen molar-refractivity contribution in [2.45, 2.75) is 45.1 Å². The van der Waals surface area contributed by atoms with E-state index in [1.165, 1.54) is 9.87 Å². The fourth-order valence-corrected chi connectivity index (χ4v) is 6.04. The molecule has 2 heterocycles. The number of pyridine rings is 1. The first-order valence-electron chi connectivity index (χ1n) is 11.6. The molecule has 0 spiro atoms. The predicted molar refractivity (Wildman–Crippen MR) is 133 cm³/mol. The SMILES string of the molecule is Cc1ccc(Cn2ccccc2=NC(=O)C2CCN(S(=O)(=O)c3ccc(C)cc3C)CC2)cc1. The lowest BCUT2D eigenvalue weighted by atomic mass is 9.97. The first-order valence-corrected chi connectivity index (χ1v) is 13.0. The third-order valence-corrected chi connectivity index (χ3v) is 8.43. The van der Waals surface area contributed by atoms with E-state index in [-0.39, 0.29) is 11.8 Å². The monoisotopic (exact) mass is 477 g/mol. The van der Waals surface area contributed by atoms with Crippen LogP contribution in [0.3, 0.4) is 0 Å². The number of hydrogen-bond donors (Lipinski definition) is 0. The van der Waals surface area contributed by atoms with Crippen molar-refractivity contribution < 1.29 is 13.2 Å². The van der Waals surface area contributed by atoms with Gasteiger partial charge in [0.1, 0.15) is 5.49 Å². The molecule has 7 heteroatoms. The molecule has 0 radical (unpaired) electrons. The van der Waals surface area contributed by atoms with Gasteiger partial charge in [-0.3, -0.25) is 4.79 Å². The highest BCUT2D eigenvalue weighted by atomic mass is 32.2. The average Bonchev–Trinajstić information content (AvgIpc) is 2.81. The number of aryl methyl sites for hydroxylation is 3. The molecule has 1 aliphatic rings. The second kappa shape index (κ2) is 10.1. The maximum absolute atomic E-state index is 13.1. The molecule has 0 atom stereocenters. The Bertz CT molecular complexity index is 1350. The van der Waals surface area contributed by atoms with Gasteiger partial charge in [-0.25, -0.2) is 8.42 Å². The van der Waals surface area contributed by atoms with Gasteiger partial charge in [-0.05, 0) is 62.9 Å². The van der Waals surface area contributed by atoms with Gasteiger partial charge in [-0.15, -0.1) is 0 Å². The van der Waals surface area contributed by atoms with Crippen molar-refractivity contribution >= 4 is 15.9 Å². The van der Waals surface area contributed by atoms with Crippen LogP contribution in [0.5, 0.6) is 0 Å². The van der Waals surface area contributed by atoms with Gasteiger partial charge in [0.25, 0.3) is 5.91 Å². The second-order valence-electron chi connectivity index (χ2n) is 9.07. The number of hydrogen-bond acceptors (Lipinski definition) is 3. The molecule has 2 aromatic carbocycles. The van der Waals surface area contributed by atoms with Crippen LogP contribution in [0.2, 0.25) is 0 Å². The van der Waals surface area contributed by atoms with Crippen molar-refractivity contribution in [1.82, 2.24) is 8.87 Å². The molecule has 1 fully saturated rings. The molecule has 0 saturated carbocycles. The van der Waals surface area contributed by atoms with E-state index in [2.05, 4.69) is 36.2 Å². The van der Waals surface area contributed by atoms with Crippen LogP contribution in [0.15, 0.2) is 76.7 Å². The lowest BCUT2D eigenvalue weighted by Crippen LogP contribution is -2.40. The summed E-state index contributed by atoms with van der Waals surface area (Å²) < 4.78 is 29.7. The molecule has 3 aromatic rings. The highest BCUT2D eigenvalue weighted by molar-refractivity contribution is 7.89. The quantitative estimate of drug-likeness (QED) is 0.558. The zero-order valence-corrected chi connectivity index (χ0v) is 20.8. The topological polar surface area (TPSA) is 71.7 Å². The molecule has 0 bridgehead atoms. The number of carbonyl (C=O) groups is 1. The van der Waals surface area contributed by atoms with Crippen molar-refractivity contribution in [2.75, 3.05) is 13.1 Å². The first-order chi connectivity index (χ1) is 16.2. The molecule has 0 N–H and O–H groups in total. The molecule has 1 amide bonds. The number of benzene rings is 2. The van der Waals surface area contributed by atoms with Crippen LogP contribution < -0.4 is 5.49 Å². The van der Waals surface area contributed by atoms with E-state index in [9.17, 15) is 13.2 Å². The van der Waals surface area contributed by atoms with Crippen molar-refractivity contribution in [3.8, 4) is 0 Å². The van der Waals surface area contributed by atoms with Gasteiger partial charge in [-0.1, -0.05) is 53.6 Å². The molecule has 4 rings (SSSR count). The summed E-state index contributed by atoms with van der Waals surface area (Å²) in [6.45, 7) is 7.08. The van der Waals surface area contributed by atoms with E-state index in [1.807, 2.05) is 54.9 Å². The molecule has 0 aliphatic carbocycles. The molecule has 0 unspecified atom stereocenters. The number of aromatic nitrogens is 1. The average molecular weight is 478 g/mol. The van der Waals surface area contributed by atoms with Crippen LogP contribution in [0.4, 0.5) is 0 Å². The zero-order chi connectivity index (χ0) is 24.3. The fourth-order valence-electron chi connectivity index (χ4n) is 4.37. The minimum Gasteiger partial charge on any atom is -0.328 e. The van der Waals surface area contributed by atoms with Crippen molar-refractivity contribution in [3.05, 3.63) is 94.6 Å². The largest absolute Gasteiger partial charge is 0.328 e. The van der Waals surface area contributed by atoms with E-state index in [1.54, 1.807) is 6.07 Å². The highest BCUT2D eigenvalue weighted by Gasteiger charge is 2.32. The minimum absolute atomic E-state index is 0.188. The highest BCUT2D eigenvalue weighted by Crippen LogP contribution is 2.26. The van der Waals surface area contributed by atoms with Gasteiger partial charge in [0.05, 0.1) is 4.90 Å². The van der Waals surface area contributed by atoms with E-state index in [0.29, 0.717) is 42.9 Å². The van der Waals surface area contributed by atoms with Gasteiger partial charge >= 0.3 is 0 Å². The van der Waals surface area contributed by atoms with Crippen LogP contribution in [0.1, 0.15) is 35.1 Å². The molecular formula is C27H31N3O3S. The molecule has 1 saturated heterocycles. The van der Waals surface area contributed by atoms with Gasteiger partial charge in [0.15, 0.2) is 0 Å². The molecule has 1 aliphatic heterocycles. The zero-order valence-electron chi connectivity index (χ0n) is 19.9. The molecule has 178 valence electrons. The fraction of sp³-hybridized carbons (Fsp3) is 0.333. The lowest BCUT2D eigenvalue weighted by molar-refractivity contribution is -0.122. The van der Waals surface area contributed by atoms with Crippen LogP contribution in [0.25, 0.3) is 0 Å². The van der Waals surface area contributed by atoms with E-state index < -0.39 is 10.0 Å². The van der Waals surface area contributed by atoms with Crippen molar-refractivity contribution in [3.63, 3.8) is 0 Å². The maximum atomic E-state index is 13.1. The van der Waals surface area contributed by atoms with Gasteiger partial charge in [0.2, 0.25) is 10.0 Å². The number of amides is 1. The van der Waals surface area contributed by atoms with Gasteiger partial charge < -0.3 is 4.57 Å². The Morgan fingerprint density at radius 3 is 2.29 bits per heavy atom. The summed E-state index contributed by atoms with van der Waals surface area (Å²) in [5.74, 6) is -0.467. The van der Waals surface area contributed by atoms with Gasteiger partial charge in [0, 0.05) is 31.7 Å². The Morgan fingerprint density at radius 1 is 0.941 bits per heavy atom. The summed E-state index contributed by atoms with van der Waals surface area (Å²) in [6.07, 6.45) is 2.86. The van der Waals surface area contributed by atoms with E-state index >= 15 is 0 Å². The Labute approximate surface area is 201 Å². The van der Waals surface area contributed by atoms with Crippen LogP contribution in [-0.2, 0) is 21.4 Å². The van der Waals surface area contributed by atoms with Crippen LogP contribution in [0, 0.1) is 26.7 Å². The van der Waals surface area contributed by atoms with E-state index in [4.69, 9.17) is 0 Å². The molecule has 34 heavy (non-hydrogen) atoms. The second-order valence-corrected chi connectivity index (χ2v) is 11.0. The summed E-state index contributed by atoms with van der Waals surface area (Å²) in [6, 6.07) is 19.3. The minimum atomic E-state index is -3.57. The smallest absolute Gasteiger partial charge is 0.250 e. The standard InChI is InChI=1S/C27H31N3O3S/c1-20-7-10-23(11-8-20)19-29-15-5-4-6-26(29)28-27(31)24-13-16-30(17-14-24)34(32,33)25-12-9-21(2)18-22(25)3/h4-12,15,18,24H,13-14,16-17,19H2,1-3H3.